The van der Waals surface area contributed by atoms with Crippen molar-refractivity contribution in [3.05, 3.63) is 65.3 Å². The Kier molecular flexibility index (Phi) is 5.34. The number of aromatic nitrogens is 3. The summed E-state index contributed by atoms with van der Waals surface area (Å²) < 4.78 is 5.81. The highest BCUT2D eigenvalue weighted by molar-refractivity contribution is 6.30. The summed E-state index contributed by atoms with van der Waals surface area (Å²) in [6.07, 6.45) is 3.99. The standard InChI is InChI=1S/C20H20ClN5O/c21-16-5-3-15(4-6-16)14-27-18-9-7-17(8-10-18)23-19-13-22-25-20(24-19)26-11-1-2-12-26/h3-10,13H,1-2,11-12,14H2,(H,23,24,25). The van der Waals surface area contributed by atoms with Crippen molar-refractivity contribution in [3.63, 3.8) is 0 Å². The first-order valence-electron chi connectivity index (χ1n) is 8.95. The van der Waals surface area contributed by atoms with Crippen molar-refractivity contribution >= 4 is 29.1 Å². The van der Waals surface area contributed by atoms with Crippen LogP contribution in [0.5, 0.6) is 5.75 Å². The Balaban J connectivity index is 1.36. The summed E-state index contributed by atoms with van der Waals surface area (Å²) in [5.74, 6) is 2.16. The van der Waals surface area contributed by atoms with Gasteiger partial charge in [-0.2, -0.15) is 10.1 Å². The van der Waals surface area contributed by atoms with Crippen molar-refractivity contribution in [2.24, 2.45) is 0 Å². The summed E-state index contributed by atoms with van der Waals surface area (Å²) in [5.41, 5.74) is 1.99. The Morgan fingerprint density at radius 3 is 2.48 bits per heavy atom. The maximum atomic E-state index is 5.90. The van der Waals surface area contributed by atoms with Crippen molar-refractivity contribution in [2.75, 3.05) is 23.3 Å². The van der Waals surface area contributed by atoms with Crippen LogP contribution in [-0.2, 0) is 6.61 Å². The lowest BCUT2D eigenvalue weighted by molar-refractivity contribution is 0.306. The monoisotopic (exact) mass is 381 g/mol. The van der Waals surface area contributed by atoms with Crippen LogP contribution in [0.3, 0.4) is 0 Å². The van der Waals surface area contributed by atoms with E-state index in [1.54, 1.807) is 6.20 Å². The second-order valence-corrected chi connectivity index (χ2v) is 6.84. The molecule has 2 aromatic carbocycles. The fourth-order valence-corrected chi connectivity index (χ4v) is 3.06. The molecule has 1 aliphatic heterocycles. The zero-order valence-corrected chi connectivity index (χ0v) is 15.6. The third-order valence-corrected chi connectivity index (χ3v) is 4.63. The molecule has 0 aliphatic carbocycles. The molecular formula is C20H20ClN5O. The zero-order chi connectivity index (χ0) is 18.5. The second-order valence-electron chi connectivity index (χ2n) is 6.40. The first-order valence-corrected chi connectivity index (χ1v) is 9.33. The molecule has 27 heavy (non-hydrogen) atoms. The van der Waals surface area contributed by atoms with Crippen molar-refractivity contribution in [2.45, 2.75) is 19.4 Å². The number of ether oxygens (including phenoxy) is 1. The topological polar surface area (TPSA) is 63.2 Å². The largest absolute Gasteiger partial charge is 0.489 e. The van der Waals surface area contributed by atoms with Crippen LogP contribution < -0.4 is 15.0 Å². The van der Waals surface area contributed by atoms with E-state index in [-0.39, 0.29) is 0 Å². The number of nitrogens with one attached hydrogen (secondary N) is 1. The molecule has 2 heterocycles. The molecule has 0 spiro atoms. The van der Waals surface area contributed by atoms with Gasteiger partial charge in [0, 0.05) is 23.8 Å². The van der Waals surface area contributed by atoms with Crippen molar-refractivity contribution in [1.29, 1.82) is 0 Å². The van der Waals surface area contributed by atoms with Gasteiger partial charge in [-0.05, 0) is 54.8 Å². The highest BCUT2D eigenvalue weighted by Gasteiger charge is 2.15. The molecule has 1 saturated heterocycles. The number of hydrogen-bond donors (Lipinski definition) is 1. The molecule has 0 saturated carbocycles. The van der Waals surface area contributed by atoms with Gasteiger partial charge in [-0.3, -0.25) is 0 Å². The summed E-state index contributed by atoms with van der Waals surface area (Å²) in [5, 5.41) is 12.2. The lowest BCUT2D eigenvalue weighted by Gasteiger charge is -2.15. The molecule has 3 aromatic rings. The van der Waals surface area contributed by atoms with Gasteiger partial charge in [-0.25, -0.2) is 0 Å². The Morgan fingerprint density at radius 1 is 1.00 bits per heavy atom. The molecule has 6 nitrogen and oxygen atoms in total. The van der Waals surface area contributed by atoms with Crippen LogP contribution >= 0.6 is 11.6 Å². The van der Waals surface area contributed by atoms with Crippen LogP contribution in [0, 0.1) is 0 Å². The minimum absolute atomic E-state index is 0.499. The molecule has 1 fully saturated rings. The Bertz CT molecular complexity index is 880. The molecule has 0 atom stereocenters. The molecule has 7 heteroatoms. The third-order valence-electron chi connectivity index (χ3n) is 4.38. The number of nitrogens with zero attached hydrogens (tertiary/aromatic N) is 4. The number of benzene rings is 2. The first kappa shape index (κ1) is 17.5. The minimum atomic E-state index is 0.499. The van der Waals surface area contributed by atoms with Crippen LogP contribution in [0.25, 0.3) is 0 Å². The molecule has 0 amide bonds. The molecule has 0 unspecified atom stereocenters. The van der Waals surface area contributed by atoms with Gasteiger partial charge in [0.1, 0.15) is 12.4 Å². The average Bonchev–Trinajstić information content (AvgIpc) is 3.24. The van der Waals surface area contributed by atoms with Crippen LogP contribution in [-0.4, -0.2) is 28.3 Å². The van der Waals surface area contributed by atoms with Crippen LogP contribution in [0.2, 0.25) is 5.02 Å². The van der Waals surface area contributed by atoms with Gasteiger partial charge in [-0.1, -0.05) is 23.7 Å². The first-order chi connectivity index (χ1) is 13.3. The molecule has 1 N–H and O–H groups in total. The van der Waals surface area contributed by atoms with E-state index in [0.29, 0.717) is 18.4 Å². The van der Waals surface area contributed by atoms with Gasteiger partial charge in [0.25, 0.3) is 0 Å². The maximum Gasteiger partial charge on any atom is 0.247 e. The predicted octanol–water partition coefficient (Wildman–Crippen LogP) is 4.45. The van der Waals surface area contributed by atoms with E-state index in [1.807, 2.05) is 48.5 Å². The van der Waals surface area contributed by atoms with Crippen LogP contribution in [0.4, 0.5) is 17.5 Å². The third kappa shape index (κ3) is 4.65. The average molecular weight is 382 g/mol. The number of rotatable bonds is 6. The molecule has 1 aliphatic rings. The fourth-order valence-electron chi connectivity index (χ4n) is 2.94. The Morgan fingerprint density at radius 2 is 1.74 bits per heavy atom. The van der Waals surface area contributed by atoms with Gasteiger partial charge in [0.15, 0.2) is 5.82 Å². The number of hydrogen-bond acceptors (Lipinski definition) is 6. The van der Waals surface area contributed by atoms with E-state index in [2.05, 4.69) is 25.4 Å². The molecule has 0 radical (unpaired) electrons. The molecule has 4 rings (SSSR count). The van der Waals surface area contributed by atoms with Gasteiger partial charge in [0.05, 0.1) is 6.20 Å². The van der Waals surface area contributed by atoms with Crippen molar-refractivity contribution in [1.82, 2.24) is 15.2 Å². The highest BCUT2D eigenvalue weighted by atomic mass is 35.5. The summed E-state index contributed by atoms with van der Waals surface area (Å²) in [6.45, 7) is 2.48. The minimum Gasteiger partial charge on any atom is -0.489 e. The van der Waals surface area contributed by atoms with Crippen LogP contribution in [0.1, 0.15) is 18.4 Å². The van der Waals surface area contributed by atoms with Gasteiger partial charge >= 0.3 is 0 Å². The Labute approximate surface area is 163 Å². The molecular weight excluding hydrogens is 362 g/mol. The molecule has 0 bridgehead atoms. The summed E-state index contributed by atoms with van der Waals surface area (Å²) in [4.78, 5) is 6.71. The number of halogens is 1. The van der Waals surface area contributed by atoms with Gasteiger partial charge in [-0.15, -0.1) is 5.10 Å². The van der Waals surface area contributed by atoms with E-state index >= 15 is 0 Å². The van der Waals surface area contributed by atoms with E-state index < -0.39 is 0 Å². The smallest absolute Gasteiger partial charge is 0.247 e. The van der Waals surface area contributed by atoms with E-state index in [4.69, 9.17) is 16.3 Å². The van der Waals surface area contributed by atoms with Gasteiger partial charge in [0.2, 0.25) is 5.95 Å². The van der Waals surface area contributed by atoms with E-state index in [9.17, 15) is 0 Å². The van der Waals surface area contributed by atoms with Crippen molar-refractivity contribution < 1.29 is 4.74 Å². The quantitative estimate of drug-likeness (QED) is 0.680. The molecule has 138 valence electrons. The van der Waals surface area contributed by atoms with E-state index in [0.717, 1.165) is 35.1 Å². The second kappa shape index (κ2) is 8.22. The van der Waals surface area contributed by atoms with Crippen LogP contribution in [0.15, 0.2) is 54.7 Å². The SMILES string of the molecule is Clc1ccc(COc2ccc(Nc3cnnc(N4CCCC4)n3)cc2)cc1. The normalized spacial score (nSPS) is 13.6. The highest BCUT2D eigenvalue weighted by Crippen LogP contribution is 2.21. The molecule has 1 aromatic heterocycles. The number of anilines is 3. The summed E-state index contributed by atoms with van der Waals surface area (Å²) in [6, 6.07) is 15.4. The summed E-state index contributed by atoms with van der Waals surface area (Å²) in [7, 11) is 0. The maximum absolute atomic E-state index is 5.90. The summed E-state index contributed by atoms with van der Waals surface area (Å²) >= 11 is 5.90. The van der Waals surface area contributed by atoms with E-state index in [1.165, 1.54) is 12.8 Å². The van der Waals surface area contributed by atoms with Crippen molar-refractivity contribution in [3.8, 4) is 5.75 Å². The van der Waals surface area contributed by atoms with Gasteiger partial charge < -0.3 is 15.0 Å². The predicted molar refractivity (Wildman–Crippen MR) is 107 cm³/mol. The Hall–Kier alpha value is -2.86. The fraction of sp³-hybridized carbons (Fsp3) is 0.250. The lowest BCUT2D eigenvalue weighted by atomic mass is 10.2. The lowest BCUT2D eigenvalue weighted by Crippen LogP contribution is -2.21. The zero-order valence-electron chi connectivity index (χ0n) is 14.8.